The van der Waals surface area contributed by atoms with E-state index < -0.39 is 0 Å². The van der Waals surface area contributed by atoms with Crippen molar-refractivity contribution in [1.29, 1.82) is 0 Å². The lowest BCUT2D eigenvalue weighted by molar-refractivity contribution is 0.102. The summed E-state index contributed by atoms with van der Waals surface area (Å²) in [4.78, 5) is 12.7. The van der Waals surface area contributed by atoms with E-state index in [0.29, 0.717) is 59.8 Å². The molecule has 0 atom stereocenters. The molecule has 0 fully saturated rings. The number of fused-ring (bicyclic) bond motifs is 1. The average Bonchev–Trinajstić information content (AvgIpc) is 3.09. The number of anilines is 1. The number of methoxy groups -OCH3 is 1. The summed E-state index contributed by atoms with van der Waals surface area (Å²) in [6.45, 7) is 4.99. The lowest BCUT2D eigenvalue weighted by Gasteiger charge is -2.19. The summed E-state index contributed by atoms with van der Waals surface area (Å²) < 4.78 is 27.5. The molecule has 0 saturated heterocycles. The molecule has 0 spiro atoms. The van der Waals surface area contributed by atoms with Crippen LogP contribution in [0.25, 0.3) is 0 Å². The molecule has 1 aromatic heterocycles. The smallest absolute Gasteiger partial charge is 0.255 e. The summed E-state index contributed by atoms with van der Waals surface area (Å²) in [5, 5.41) is 6.78. The van der Waals surface area contributed by atoms with Gasteiger partial charge in [0, 0.05) is 17.3 Å². The summed E-state index contributed by atoms with van der Waals surface area (Å²) in [6.07, 6.45) is 0. The van der Waals surface area contributed by atoms with Crippen molar-refractivity contribution in [1.82, 2.24) is 5.16 Å². The van der Waals surface area contributed by atoms with Crippen LogP contribution in [0.1, 0.15) is 27.4 Å². The van der Waals surface area contributed by atoms with Crippen molar-refractivity contribution in [3.05, 3.63) is 59.0 Å². The minimum absolute atomic E-state index is 0.276. The summed E-state index contributed by atoms with van der Waals surface area (Å²) in [6, 6.07) is 10.3. The fourth-order valence-corrected chi connectivity index (χ4v) is 3.11. The summed E-state index contributed by atoms with van der Waals surface area (Å²) in [7, 11) is 1.53. The Balaban J connectivity index is 1.47. The van der Waals surface area contributed by atoms with E-state index in [1.165, 1.54) is 7.11 Å². The largest absolute Gasteiger partial charge is 0.493 e. The molecule has 1 aliphatic heterocycles. The molecule has 0 saturated carbocycles. The molecule has 2 heterocycles. The average molecular weight is 410 g/mol. The maximum atomic E-state index is 12.7. The fourth-order valence-electron chi connectivity index (χ4n) is 3.11. The Kier molecular flexibility index (Phi) is 5.47. The number of carbonyl (C=O) groups excluding carboxylic acids is 1. The van der Waals surface area contributed by atoms with E-state index in [9.17, 15) is 4.79 Å². The number of nitrogens with zero attached hydrogens (tertiary/aromatic N) is 1. The molecule has 2 aromatic carbocycles. The number of hydrogen-bond acceptors (Lipinski definition) is 7. The van der Waals surface area contributed by atoms with Crippen molar-refractivity contribution in [2.45, 2.75) is 20.5 Å². The van der Waals surface area contributed by atoms with Crippen molar-refractivity contribution >= 4 is 11.6 Å². The van der Waals surface area contributed by atoms with Gasteiger partial charge in [-0.15, -0.1) is 0 Å². The van der Waals surface area contributed by atoms with Crippen LogP contribution in [0.15, 0.2) is 40.9 Å². The van der Waals surface area contributed by atoms with E-state index in [-0.39, 0.29) is 5.91 Å². The van der Waals surface area contributed by atoms with Gasteiger partial charge in [-0.3, -0.25) is 4.79 Å². The third kappa shape index (κ3) is 4.03. The Morgan fingerprint density at radius 3 is 2.60 bits per heavy atom. The van der Waals surface area contributed by atoms with Gasteiger partial charge in [0.2, 0.25) is 0 Å². The molecule has 4 rings (SSSR count). The van der Waals surface area contributed by atoms with Crippen LogP contribution in [0.5, 0.6) is 23.0 Å². The number of aromatic nitrogens is 1. The van der Waals surface area contributed by atoms with E-state index in [2.05, 4.69) is 10.5 Å². The summed E-state index contributed by atoms with van der Waals surface area (Å²) in [5.41, 5.74) is 2.72. The van der Waals surface area contributed by atoms with Crippen LogP contribution in [0.2, 0.25) is 0 Å². The molecular formula is C22H22N2O6. The number of carbonyl (C=O) groups is 1. The minimum atomic E-state index is -0.276. The van der Waals surface area contributed by atoms with Crippen molar-refractivity contribution in [3.8, 4) is 23.0 Å². The second-order valence-electron chi connectivity index (χ2n) is 6.77. The first-order valence-corrected chi connectivity index (χ1v) is 9.48. The Morgan fingerprint density at radius 2 is 1.87 bits per heavy atom. The molecule has 1 aliphatic rings. The van der Waals surface area contributed by atoms with Crippen LogP contribution in [0.3, 0.4) is 0 Å². The monoisotopic (exact) mass is 410 g/mol. The topological polar surface area (TPSA) is 92.1 Å². The zero-order valence-electron chi connectivity index (χ0n) is 17.0. The second-order valence-corrected chi connectivity index (χ2v) is 6.77. The van der Waals surface area contributed by atoms with Crippen molar-refractivity contribution < 1.29 is 28.3 Å². The fraction of sp³-hybridized carbons (Fsp3) is 0.273. The van der Waals surface area contributed by atoms with Gasteiger partial charge in [0.05, 0.1) is 18.4 Å². The van der Waals surface area contributed by atoms with Crippen LogP contribution < -0.4 is 24.3 Å². The van der Waals surface area contributed by atoms with Gasteiger partial charge >= 0.3 is 0 Å². The predicted octanol–water partition coefficient (Wildman–Crippen LogP) is 3.90. The quantitative estimate of drug-likeness (QED) is 0.659. The first kappa shape index (κ1) is 19.6. The molecule has 1 N–H and O–H groups in total. The molecule has 156 valence electrons. The molecule has 1 amide bonds. The highest BCUT2D eigenvalue weighted by molar-refractivity contribution is 6.04. The van der Waals surface area contributed by atoms with Crippen LogP contribution in [0, 0.1) is 13.8 Å². The summed E-state index contributed by atoms with van der Waals surface area (Å²) in [5.74, 6) is 2.69. The van der Waals surface area contributed by atoms with E-state index in [1.807, 2.05) is 13.8 Å². The first-order valence-electron chi connectivity index (χ1n) is 9.48. The van der Waals surface area contributed by atoms with Crippen LogP contribution in [-0.2, 0) is 6.61 Å². The van der Waals surface area contributed by atoms with Gasteiger partial charge in [0.15, 0.2) is 23.0 Å². The number of aryl methyl sites for hydroxylation is 2. The van der Waals surface area contributed by atoms with Crippen LogP contribution >= 0.6 is 0 Å². The van der Waals surface area contributed by atoms with Gasteiger partial charge in [-0.2, -0.15) is 0 Å². The van der Waals surface area contributed by atoms with E-state index in [1.54, 1.807) is 36.4 Å². The zero-order valence-corrected chi connectivity index (χ0v) is 17.0. The summed E-state index contributed by atoms with van der Waals surface area (Å²) >= 11 is 0. The van der Waals surface area contributed by atoms with Crippen molar-refractivity contribution in [2.75, 3.05) is 25.6 Å². The van der Waals surface area contributed by atoms with E-state index in [4.69, 9.17) is 23.5 Å². The Hall–Kier alpha value is -3.68. The number of ether oxygens (including phenoxy) is 4. The van der Waals surface area contributed by atoms with Gasteiger partial charge in [0.1, 0.15) is 25.6 Å². The van der Waals surface area contributed by atoms with Crippen LogP contribution in [0.4, 0.5) is 5.69 Å². The van der Waals surface area contributed by atoms with Gasteiger partial charge in [-0.25, -0.2) is 0 Å². The molecular weight excluding hydrogens is 388 g/mol. The highest BCUT2D eigenvalue weighted by Gasteiger charge is 2.16. The van der Waals surface area contributed by atoms with Gasteiger partial charge < -0.3 is 28.8 Å². The zero-order chi connectivity index (χ0) is 21.1. The van der Waals surface area contributed by atoms with E-state index in [0.717, 1.165) is 11.3 Å². The molecule has 3 aromatic rings. The predicted molar refractivity (Wildman–Crippen MR) is 109 cm³/mol. The van der Waals surface area contributed by atoms with Crippen LogP contribution in [-0.4, -0.2) is 31.4 Å². The number of nitrogens with one attached hydrogen (secondary N) is 1. The van der Waals surface area contributed by atoms with Crippen molar-refractivity contribution in [2.24, 2.45) is 0 Å². The lowest BCUT2D eigenvalue weighted by Crippen LogP contribution is -2.16. The van der Waals surface area contributed by atoms with Crippen molar-refractivity contribution in [3.63, 3.8) is 0 Å². The first-order chi connectivity index (χ1) is 14.5. The number of amides is 1. The number of benzene rings is 2. The Morgan fingerprint density at radius 1 is 1.07 bits per heavy atom. The Bertz CT molecular complexity index is 1060. The van der Waals surface area contributed by atoms with Gasteiger partial charge in [-0.05, 0) is 44.2 Å². The number of rotatable bonds is 6. The Labute approximate surface area is 173 Å². The molecule has 0 radical (unpaired) electrons. The van der Waals surface area contributed by atoms with Gasteiger partial charge in [-0.1, -0.05) is 5.16 Å². The maximum Gasteiger partial charge on any atom is 0.255 e. The second kappa shape index (κ2) is 8.36. The molecule has 0 bridgehead atoms. The third-order valence-corrected chi connectivity index (χ3v) is 4.78. The lowest BCUT2D eigenvalue weighted by atomic mass is 10.1. The highest BCUT2D eigenvalue weighted by Crippen LogP contribution is 2.33. The third-order valence-electron chi connectivity index (χ3n) is 4.78. The molecule has 30 heavy (non-hydrogen) atoms. The molecule has 8 nitrogen and oxygen atoms in total. The standard InChI is InChI=1S/C22H22N2O6/c1-13-17(14(2)30-24-13)12-29-18-6-4-15(10-20(18)26-3)22(25)23-16-5-7-19-21(11-16)28-9-8-27-19/h4-7,10-11H,8-9,12H2,1-3H3,(H,23,25). The maximum absolute atomic E-state index is 12.7. The SMILES string of the molecule is COc1cc(C(=O)Nc2ccc3c(c2)OCCO3)ccc1OCc1c(C)noc1C. The van der Waals surface area contributed by atoms with Gasteiger partial charge in [0.25, 0.3) is 5.91 Å². The number of hydrogen-bond donors (Lipinski definition) is 1. The molecule has 0 aliphatic carbocycles. The minimum Gasteiger partial charge on any atom is -0.493 e. The highest BCUT2D eigenvalue weighted by atomic mass is 16.6. The molecule has 0 unspecified atom stereocenters. The molecule has 8 heteroatoms. The van der Waals surface area contributed by atoms with E-state index >= 15 is 0 Å². The normalized spacial score (nSPS) is 12.4.